The predicted octanol–water partition coefficient (Wildman–Crippen LogP) is 2.10. The molecule has 0 bridgehead atoms. The van der Waals surface area contributed by atoms with Crippen molar-refractivity contribution >= 4 is 21.9 Å². The first-order valence-electron chi connectivity index (χ1n) is 6.15. The van der Waals surface area contributed by atoms with E-state index in [1.54, 1.807) is 20.4 Å². The minimum atomic E-state index is 0.528. The highest BCUT2D eigenvalue weighted by Gasteiger charge is 2.04. The monoisotopic (exact) mass is 333 g/mol. The Bertz CT molecular complexity index is 366. The average molecular weight is 334 g/mol. The van der Waals surface area contributed by atoms with Crippen LogP contribution in [-0.4, -0.2) is 50.6 Å². The molecule has 6 nitrogen and oxygen atoms in total. The fourth-order valence-corrected chi connectivity index (χ4v) is 1.71. The molecular formula is C12H20BrN3O3. The van der Waals surface area contributed by atoms with Crippen LogP contribution in [0.15, 0.2) is 10.7 Å². The molecule has 19 heavy (non-hydrogen) atoms. The van der Waals surface area contributed by atoms with Crippen molar-refractivity contribution in [2.45, 2.75) is 12.8 Å². The molecule has 0 unspecified atom stereocenters. The van der Waals surface area contributed by atoms with Crippen LogP contribution >= 0.6 is 15.9 Å². The van der Waals surface area contributed by atoms with Gasteiger partial charge in [-0.15, -0.1) is 0 Å². The first-order valence-corrected chi connectivity index (χ1v) is 6.94. The zero-order valence-corrected chi connectivity index (χ0v) is 12.9. The fourth-order valence-electron chi connectivity index (χ4n) is 1.35. The standard InChI is InChI=1S/C12H20BrN3O3/c1-17-7-8-19-6-4-3-5-14-12-15-9-10(13)11(16-12)18-2/h9H,3-8H2,1-2H3,(H,14,15,16). The van der Waals surface area contributed by atoms with Crippen molar-refractivity contribution in [3.63, 3.8) is 0 Å². The van der Waals surface area contributed by atoms with Crippen molar-refractivity contribution in [1.82, 2.24) is 9.97 Å². The van der Waals surface area contributed by atoms with Crippen LogP contribution in [0.2, 0.25) is 0 Å². The number of anilines is 1. The molecule has 1 aromatic rings. The van der Waals surface area contributed by atoms with Gasteiger partial charge in [0.1, 0.15) is 0 Å². The second-order valence-electron chi connectivity index (χ2n) is 3.79. The van der Waals surface area contributed by atoms with Gasteiger partial charge >= 0.3 is 0 Å². The van der Waals surface area contributed by atoms with Crippen molar-refractivity contribution in [2.75, 3.05) is 45.9 Å². The van der Waals surface area contributed by atoms with Crippen molar-refractivity contribution in [3.05, 3.63) is 10.7 Å². The minimum absolute atomic E-state index is 0.528. The molecule has 1 aromatic heterocycles. The highest BCUT2D eigenvalue weighted by Crippen LogP contribution is 2.21. The van der Waals surface area contributed by atoms with Gasteiger partial charge in [-0.2, -0.15) is 4.98 Å². The molecule has 1 heterocycles. The van der Waals surface area contributed by atoms with Gasteiger partial charge in [0.15, 0.2) is 0 Å². The van der Waals surface area contributed by atoms with Crippen molar-refractivity contribution in [1.29, 1.82) is 0 Å². The summed E-state index contributed by atoms with van der Waals surface area (Å²) in [6, 6.07) is 0. The van der Waals surface area contributed by atoms with E-state index in [1.807, 2.05) is 0 Å². The highest BCUT2D eigenvalue weighted by atomic mass is 79.9. The molecule has 0 saturated carbocycles. The molecule has 108 valence electrons. The van der Waals surface area contributed by atoms with Crippen molar-refractivity contribution in [3.8, 4) is 5.88 Å². The predicted molar refractivity (Wildman–Crippen MR) is 76.7 cm³/mol. The Kier molecular flexibility index (Phi) is 8.44. The molecule has 0 atom stereocenters. The summed E-state index contributed by atoms with van der Waals surface area (Å²) in [6.45, 7) is 2.84. The fraction of sp³-hybridized carbons (Fsp3) is 0.667. The van der Waals surface area contributed by atoms with Crippen molar-refractivity contribution < 1.29 is 14.2 Å². The lowest BCUT2D eigenvalue weighted by Crippen LogP contribution is -2.08. The van der Waals surface area contributed by atoms with Gasteiger partial charge in [0, 0.05) is 20.3 Å². The number of ether oxygens (including phenoxy) is 3. The minimum Gasteiger partial charge on any atom is -0.480 e. The van der Waals surface area contributed by atoms with Crippen LogP contribution in [0.25, 0.3) is 0 Å². The Labute approximate surface area is 122 Å². The number of rotatable bonds is 10. The number of halogens is 1. The molecule has 0 aliphatic heterocycles. The molecule has 0 radical (unpaired) electrons. The largest absolute Gasteiger partial charge is 0.480 e. The van der Waals surface area contributed by atoms with E-state index in [-0.39, 0.29) is 0 Å². The molecule has 0 saturated heterocycles. The third-order valence-corrected chi connectivity index (χ3v) is 2.88. The summed E-state index contributed by atoms with van der Waals surface area (Å²) in [5.74, 6) is 1.10. The summed E-state index contributed by atoms with van der Waals surface area (Å²) in [5, 5.41) is 3.15. The lowest BCUT2D eigenvalue weighted by molar-refractivity contribution is 0.0691. The molecule has 7 heteroatoms. The Hall–Kier alpha value is -0.920. The van der Waals surface area contributed by atoms with Gasteiger partial charge in [-0.05, 0) is 28.8 Å². The maximum Gasteiger partial charge on any atom is 0.232 e. The summed E-state index contributed by atoms with van der Waals surface area (Å²) in [6.07, 6.45) is 3.65. The molecule has 0 amide bonds. The van der Waals surface area contributed by atoms with Crippen LogP contribution < -0.4 is 10.1 Å². The SMILES string of the molecule is COCCOCCCCNc1ncc(Br)c(OC)n1. The maximum atomic E-state index is 5.37. The van der Waals surface area contributed by atoms with E-state index < -0.39 is 0 Å². The van der Waals surface area contributed by atoms with Gasteiger partial charge in [-0.3, -0.25) is 0 Å². The molecular weight excluding hydrogens is 314 g/mol. The number of hydrogen-bond donors (Lipinski definition) is 1. The zero-order chi connectivity index (χ0) is 13.9. The number of unbranched alkanes of at least 4 members (excludes halogenated alkanes) is 1. The van der Waals surface area contributed by atoms with E-state index in [9.17, 15) is 0 Å². The number of methoxy groups -OCH3 is 2. The smallest absolute Gasteiger partial charge is 0.232 e. The topological polar surface area (TPSA) is 65.5 Å². The Balaban J connectivity index is 2.12. The number of aromatic nitrogens is 2. The third kappa shape index (κ3) is 6.70. The number of hydrogen-bond acceptors (Lipinski definition) is 6. The van der Waals surface area contributed by atoms with E-state index >= 15 is 0 Å². The van der Waals surface area contributed by atoms with Gasteiger partial charge in [0.2, 0.25) is 11.8 Å². The second-order valence-corrected chi connectivity index (χ2v) is 4.64. The molecule has 1 rings (SSSR count). The molecule has 0 aliphatic rings. The van der Waals surface area contributed by atoms with Crippen molar-refractivity contribution in [2.24, 2.45) is 0 Å². The molecule has 0 fully saturated rings. The average Bonchev–Trinajstić information content (AvgIpc) is 2.43. The lowest BCUT2D eigenvalue weighted by atomic mass is 10.3. The van der Waals surface area contributed by atoms with Crippen LogP contribution in [0.5, 0.6) is 5.88 Å². The summed E-state index contributed by atoms with van der Waals surface area (Å²) in [5.41, 5.74) is 0. The van der Waals surface area contributed by atoms with Crippen LogP contribution in [-0.2, 0) is 9.47 Å². The van der Waals surface area contributed by atoms with E-state index in [4.69, 9.17) is 14.2 Å². The molecule has 1 N–H and O–H groups in total. The van der Waals surface area contributed by atoms with Gasteiger partial charge < -0.3 is 19.5 Å². The first kappa shape index (κ1) is 16.1. The highest BCUT2D eigenvalue weighted by molar-refractivity contribution is 9.10. The summed E-state index contributed by atoms with van der Waals surface area (Å²) in [4.78, 5) is 8.36. The Morgan fingerprint density at radius 2 is 2.05 bits per heavy atom. The van der Waals surface area contributed by atoms with Gasteiger partial charge in [-0.25, -0.2) is 4.98 Å². The lowest BCUT2D eigenvalue weighted by Gasteiger charge is -2.07. The number of nitrogens with zero attached hydrogens (tertiary/aromatic N) is 2. The van der Waals surface area contributed by atoms with Crippen LogP contribution in [0.3, 0.4) is 0 Å². The zero-order valence-electron chi connectivity index (χ0n) is 11.3. The molecule has 0 aromatic carbocycles. The second kappa shape index (κ2) is 9.94. The third-order valence-electron chi connectivity index (χ3n) is 2.34. The number of nitrogens with one attached hydrogen (secondary N) is 1. The van der Waals surface area contributed by atoms with Gasteiger partial charge in [-0.1, -0.05) is 0 Å². The van der Waals surface area contributed by atoms with Gasteiger partial charge in [0.25, 0.3) is 0 Å². The summed E-state index contributed by atoms with van der Waals surface area (Å²) in [7, 11) is 3.24. The van der Waals surface area contributed by atoms with Gasteiger partial charge in [0.05, 0.1) is 31.0 Å². The molecule has 0 aliphatic carbocycles. The van der Waals surface area contributed by atoms with E-state index in [0.29, 0.717) is 25.0 Å². The first-order chi connectivity index (χ1) is 9.27. The quantitative estimate of drug-likeness (QED) is 0.661. The van der Waals surface area contributed by atoms with E-state index in [0.717, 1.165) is 30.5 Å². The van der Waals surface area contributed by atoms with E-state index in [1.165, 1.54) is 0 Å². The van der Waals surface area contributed by atoms with Crippen LogP contribution in [0.1, 0.15) is 12.8 Å². The Morgan fingerprint density at radius 1 is 1.21 bits per heavy atom. The Morgan fingerprint density at radius 3 is 2.79 bits per heavy atom. The van der Waals surface area contributed by atoms with E-state index in [2.05, 4.69) is 31.2 Å². The molecule has 0 spiro atoms. The normalized spacial score (nSPS) is 10.5. The van der Waals surface area contributed by atoms with Crippen LogP contribution in [0.4, 0.5) is 5.95 Å². The maximum absolute atomic E-state index is 5.37. The van der Waals surface area contributed by atoms with Crippen LogP contribution in [0, 0.1) is 0 Å². The summed E-state index contributed by atoms with van der Waals surface area (Å²) >= 11 is 3.31. The summed E-state index contributed by atoms with van der Waals surface area (Å²) < 4.78 is 16.1.